The van der Waals surface area contributed by atoms with Crippen molar-refractivity contribution in [2.45, 2.75) is 11.0 Å². The average Bonchev–Trinajstić information content (AvgIpc) is 2.86. The van der Waals surface area contributed by atoms with E-state index in [-0.39, 0.29) is 5.01 Å². The zero-order valence-electron chi connectivity index (χ0n) is 7.41. The van der Waals surface area contributed by atoms with E-state index in [1.165, 1.54) is 18.0 Å². The molecule has 0 saturated heterocycles. The summed E-state index contributed by atoms with van der Waals surface area (Å²) in [7, 11) is 0. The molecule has 0 fully saturated rings. The molecule has 0 aliphatic carbocycles. The fourth-order valence-electron chi connectivity index (χ4n) is 0.889. The fraction of sp³-hybridized carbons (Fsp3) is 0.125. The summed E-state index contributed by atoms with van der Waals surface area (Å²) in [6.45, 7) is 0. The molecule has 5 nitrogen and oxygen atoms in total. The molecule has 0 radical (unpaired) electrons. The van der Waals surface area contributed by atoms with Crippen molar-refractivity contribution in [1.82, 2.24) is 9.97 Å². The summed E-state index contributed by atoms with van der Waals surface area (Å²) in [6.07, 6.45) is 3.05. The van der Waals surface area contributed by atoms with E-state index in [4.69, 9.17) is 9.52 Å². The lowest BCUT2D eigenvalue weighted by Crippen LogP contribution is -1.94. The van der Waals surface area contributed by atoms with Crippen LogP contribution in [0.25, 0.3) is 0 Å². The lowest BCUT2D eigenvalue weighted by atomic mass is 10.6. The number of carbonyl (C=O) groups is 1. The van der Waals surface area contributed by atoms with Gasteiger partial charge in [0.15, 0.2) is 0 Å². The van der Waals surface area contributed by atoms with Crippen LogP contribution in [0.5, 0.6) is 0 Å². The zero-order valence-corrected chi connectivity index (χ0v) is 9.05. The second-order valence-corrected chi connectivity index (χ2v) is 4.32. The van der Waals surface area contributed by atoms with Gasteiger partial charge in [-0.05, 0) is 0 Å². The van der Waals surface area contributed by atoms with Crippen LogP contribution in [0.2, 0.25) is 0 Å². The summed E-state index contributed by atoms with van der Waals surface area (Å²) in [5.41, 5.74) is 0.723. The van der Waals surface area contributed by atoms with Crippen LogP contribution < -0.4 is 0 Å². The smallest absolute Gasteiger partial charge is 0.365 e. The Morgan fingerprint density at radius 3 is 3.13 bits per heavy atom. The first-order chi connectivity index (χ1) is 7.25. The summed E-state index contributed by atoms with van der Waals surface area (Å²) in [5.74, 6) is -0.433. The highest BCUT2D eigenvalue weighted by Crippen LogP contribution is 2.21. The molecule has 0 atom stereocenters. The fourth-order valence-corrected chi connectivity index (χ4v) is 2.33. The van der Waals surface area contributed by atoms with E-state index in [1.54, 1.807) is 11.6 Å². The van der Waals surface area contributed by atoms with Gasteiger partial charge in [-0.25, -0.2) is 14.8 Å². The van der Waals surface area contributed by atoms with Crippen molar-refractivity contribution in [1.29, 1.82) is 0 Å². The van der Waals surface area contributed by atoms with Crippen LogP contribution >= 0.6 is 23.1 Å². The Bertz CT molecular complexity index is 452. The molecule has 0 aliphatic heterocycles. The molecule has 7 heteroatoms. The maximum atomic E-state index is 10.6. The summed E-state index contributed by atoms with van der Waals surface area (Å²) >= 11 is 2.50. The molecule has 2 aromatic rings. The summed E-state index contributed by atoms with van der Waals surface area (Å²) in [6, 6.07) is 0. The van der Waals surface area contributed by atoms with Crippen LogP contribution in [0.15, 0.2) is 27.5 Å². The zero-order chi connectivity index (χ0) is 10.7. The predicted molar refractivity (Wildman–Crippen MR) is 55.1 cm³/mol. The van der Waals surface area contributed by atoms with Gasteiger partial charge in [-0.3, -0.25) is 0 Å². The molecule has 2 aromatic heterocycles. The molecule has 0 bridgehead atoms. The SMILES string of the molecule is O=C(O)c1nc(CSc2ncco2)cs1. The largest absolute Gasteiger partial charge is 0.476 e. The molecule has 15 heavy (non-hydrogen) atoms. The molecular weight excluding hydrogens is 236 g/mol. The molecule has 1 N–H and O–H groups in total. The first kappa shape index (κ1) is 10.2. The minimum Gasteiger partial charge on any atom is -0.476 e. The third kappa shape index (κ3) is 2.57. The Balaban J connectivity index is 1.96. The van der Waals surface area contributed by atoms with Crippen LogP contribution in [0.4, 0.5) is 0 Å². The van der Waals surface area contributed by atoms with Crippen molar-refractivity contribution in [2.75, 3.05) is 0 Å². The van der Waals surface area contributed by atoms with Crippen molar-refractivity contribution >= 4 is 29.1 Å². The van der Waals surface area contributed by atoms with Gasteiger partial charge in [-0.1, -0.05) is 11.8 Å². The Labute approximate surface area is 93.2 Å². The lowest BCUT2D eigenvalue weighted by Gasteiger charge is -1.91. The van der Waals surface area contributed by atoms with Gasteiger partial charge >= 0.3 is 5.97 Å². The van der Waals surface area contributed by atoms with E-state index >= 15 is 0 Å². The molecule has 0 amide bonds. The minimum atomic E-state index is -0.993. The second kappa shape index (κ2) is 4.45. The van der Waals surface area contributed by atoms with Gasteiger partial charge < -0.3 is 9.52 Å². The van der Waals surface area contributed by atoms with Crippen molar-refractivity contribution in [3.63, 3.8) is 0 Å². The van der Waals surface area contributed by atoms with Crippen molar-refractivity contribution in [3.05, 3.63) is 28.5 Å². The van der Waals surface area contributed by atoms with Crippen molar-refractivity contribution in [3.8, 4) is 0 Å². The Morgan fingerprint density at radius 1 is 1.67 bits per heavy atom. The van der Waals surface area contributed by atoms with Crippen LogP contribution in [-0.4, -0.2) is 21.0 Å². The van der Waals surface area contributed by atoms with Gasteiger partial charge in [0.1, 0.15) is 6.26 Å². The topological polar surface area (TPSA) is 76.2 Å². The van der Waals surface area contributed by atoms with Gasteiger partial charge in [-0.15, -0.1) is 11.3 Å². The van der Waals surface area contributed by atoms with E-state index in [0.717, 1.165) is 17.0 Å². The molecule has 78 valence electrons. The molecule has 0 unspecified atom stereocenters. The van der Waals surface area contributed by atoms with Crippen molar-refractivity contribution < 1.29 is 14.3 Å². The Hall–Kier alpha value is -1.34. The number of aromatic nitrogens is 2. The number of nitrogens with zero attached hydrogens (tertiary/aromatic N) is 2. The Morgan fingerprint density at radius 2 is 2.53 bits per heavy atom. The third-order valence-electron chi connectivity index (χ3n) is 1.49. The van der Waals surface area contributed by atoms with Gasteiger partial charge in [0.25, 0.3) is 5.22 Å². The third-order valence-corrected chi connectivity index (χ3v) is 3.26. The molecule has 2 heterocycles. The molecule has 0 aromatic carbocycles. The number of thioether (sulfide) groups is 1. The normalized spacial score (nSPS) is 10.4. The Kier molecular flexibility index (Phi) is 3.02. The number of oxazole rings is 1. The molecule has 0 aliphatic rings. The highest BCUT2D eigenvalue weighted by atomic mass is 32.2. The second-order valence-electron chi connectivity index (χ2n) is 2.54. The number of carboxylic acids is 1. The van der Waals surface area contributed by atoms with E-state index < -0.39 is 5.97 Å². The van der Waals surface area contributed by atoms with Crippen LogP contribution in [0.3, 0.4) is 0 Å². The van der Waals surface area contributed by atoms with Gasteiger partial charge in [0.05, 0.1) is 11.9 Å². The van der Waals surface area contributed by atoms with E-state index in [0.29, 0.717) is 11.0 Å². The lowest BCUT2D eigenvalue weighted by molar-refractivity contribution is 0.0696. The number of hydrogen-bond donors (Lipinski definition) is 1. The van der Waals surface area contributed by atoms with Crippen LogP contribution in [0.1, 0.15) is 15.5 Å². The average molecular weight is 242 g/mol. The highest BCUT2D eigenvalue weighted by molar-refractivity contribution is 7.98. The quantitative estimate of drug-likeness (QED) is 0.827. The predicted octanol–water partition coefficient (Wildman–Crippen LogP) is 2.12. The molecular formula is C8H6N2O3S2. The van der Waals surface area contributed by atoms with E-state index in [1.807, 2.05) is 0 Å². The van der Waals surface area contributed by atoms with Crippen LogP contribution in [0, 0.1) is 0 Å². The number of thiazole rings is 1. The standard InChI is InChI=1S/C8H6N2O3S2/c11-7(12)6-10-5(3-14-6)4-15-8-9-1-2-13-8/h1-3H,4H2,(H,11,12). The van der Waals surface area contributed by atoms with Gasteiger partial charge in [0.2, 0.25) is 5.01 Å². The number of rotatable bonds is 4. The number of carboxylic acid groups (broad SMARTS) is 1. The summed E-state index contributed by atoms with van der Waals surface area (Å²) < 4.78 is 5.02. The number of aromatic carboxylic acids is 1. The summed E-state index contributed by atoms with van der Waals surface area (Å²) in [4.78, 5) is 18.4. The monoisotopic (exact) mass is 242 g/mol. The maximum Gasteiger partial charge on any atom is 0.365 e. The van der Waals surface area contributed by atoms with Crippen LogP contribution in [-0.2, 0) is 5.75 Å². The van der Waals surface area contributed by atoms with Gasteiger partial charge in [0, 0.05) is 11.1 Å². The van der Waals surface area contributed by atoms with E-state index in [9.17, 15) is 4.79 Å². The first-order valence-corrected chi connectivity index (χ1v) is 5.82. The first-order valence-electron chi connectivity index (χ1n) is 3.95. The minimum absolute atomic E-state index is 0.109. The van der Waals surface area contributed by atoms with Crippen molar-refractivity contribution in [2.24, 2.45) is 0 Å². The van der Waals surface area contributed by atoms with Gasteiger partial charge in [-0.2, -0.15) is 0 Å². The highest BCUT2D eigenvalue weighted by Gasteiger charge is 2.09. The molecule has 2 rings (SSSR count). The number of hydrogen-bond acceptors (Lipinski definition) is 6. The summed E-state index contributed by atoms with van der Waals surface area (Å²) in [5, 5.41) is 11.0. The molecule has 0 saturated carbocycles. The van der Waals surface area contributed by atoms with E-state index in [2.05, 4.69) is 9.97 Å². The molecule has 0 spiro atoms. The maximum absolute atomic E-state index is 10.6.